The lowest BCUT2D eigenvalue weighted by Gasteiger charge is -2.17. The first-order valence-electron chi connectivity index (χ1n) is 9.24. The van der Waals surface area contributed by atoms with Gasteiger partial charge in [-0.2, -0.15) is 4.72 Å². The molecule has 0 aliphatic carbocycles. The lowest BCUT2D eigenvalue weighted by Crippen LogP contribution is -2.45. The lowest BCUT2D eigenvalue weighted by atomic mass is 10.2. The summed E-state index contributed by atoms with van der Waals surface area (Å²) < 4.78 is 37.4. The van der Waals surface area contributed by atoms with Gasteiger partial charge in [-0.05, 0) is 29.8 Å². The Kier molecular flexibility index (Phi) is 9.19. The van der Waals surface area contributed by atoms with Crippen molar-refractivity contribution in [1.29, 1.82) is 0 Å². The molecular weight excluding hydrogens is 424 g/mol. The summed E-state index contributed by atoms with van der Waals surface area (Å²) in [4.78, 5) is 29.5. The van der Waals surface area contributed by atoms with Crippen LogP contribution < -0.4 is 14.9 Å². The van der Waals surface area contributed by atoms with Gasteiger partial charge in [-0.15, -0.1) is 0 Å². The number of methoxy groups -OCH3 is 1. The first-order valence-corrected chi connectivity index (χ1v) is 10.7. The molecule has 2 N–H and O–H groups in total. The standard InChI is InChI=1S/C21H24N2O7S/c1-3-13-29-21(25)19(14-20(24)22-30-15-16-7-5-4-6-8-16)23-31(26,27)18-11-9-17(28-2)10-12-18/h3-12,19,23H,1,13-15H2,2H3,(H,22,24)/t19-/m1/s1. The van der Waals surface area contributed by atoms with Crippen LogP contribution in [0.5, 0.6) is 5.75 Å². The van der Waals surface area contributed by atoms with Gasteiger partial charge in [-0.25, -0.2) is 13.9 Å². The van der Waals surface area contributed by atoms with Crippen LogP contribution in [0.2, 0.25) is 0 Å². The minimum absolute atomic E-state index is 0.101. The number of nitrogens with one attached hydrogen (secondary N) is 2. The van der Waals surface area contributed by atoms with Gasteiger partial charge >= 0.3 is 5.97 Å². The van der Waals surface area contributed by atoms with E-state index in [1.807, 2.05) is 30.3 Å². The van der Waals surface area contributed by atoms with Crippen molar-refractivity contribution in [2.75, 3.05) is 13.7 Å². The van der Waals surface area contributed by atoms with Gasteiger partial charge < -0.3 is 9.47 Å². The molecule has 9 nitrogen and oxygen atoms in total. The number of hydrogen-bond donors (Lipinski definition) is 2. The first kappa shape index (κ1) is 24.1. The fourth-order valence-corrected chi connectivity index (χ4v) is 3.61. The summed E-state index contributed by atoms with van der Waals surface area (Å²) in [6.45, 7) is 3.41. The largest absolute Gasteiger partial charge is 0.497 e. The molecule has 0 aliphatic heterocycles. The van der Waals surface area contributed by atoms with E-state index in [2.05, 4.69) is 16.8 Å². The smallest absolute Gasteiger partial charge is 0.325 e. The number of sulfonamides is 1. The van der Waals surface area contributed by atoms with Gasteiger partial charge in [0.15, 0.2) is 0 Å². The molecule has 166 valence electrons. The second-order valence-electron chi connectivity index (χ2n) is 6.27. The SMILES string of the molecule is C=CCOC(=O)[C@@H](CC(=O)NOCc1ccccc1)NS(=O)(=O)c1ccc(OC)cc1. The highest BCUT2D eigenvalue weighted by Gasteiger charge is 2.29. The Balaban J connectivity index is 2.03. The highest BCUT2D eigenvalue weighted by Crippen LogP contribution is 2.16. The molecule has 1 atom stereocenters. The second-order valence-corrected chi connectivity index (χ2v) is 7.99. The summed E-state index contributed by atoms with van der Waals surface area (Å²) in [6, 6.07) is 13.2. The van der Waals surface area contributed by atoms with E-state index < -0.39 is 34.4 Å². The van der Waals surface area contributed by atoms with Gasteiger partial charge in [0.05, 0.1) is 25.0 Å². The van der Waals surface area contributed by atoms with E-state index in [0.717, 1.165) is 5.56 Å². The molecule has 0 spiro atoms. The Morgan fingerprint density at radius 3 is 2.39 bits per heavy atom. The molecule has 1 amide bonds. The first-order chi connectivity index (χ1) is 14.9. The van der Waals surface area contributed by atoms with Gasteiger partial charge in [0.1, 0.15) is 18.4 Å². The monoisotopic (exact) mass is 448 g/mol. The number of esters is 1. The third kappa shape index (κ3) is 7.85. The Labute approximate surface area is 181 Å². The van der Waals surface area contributed by atoms with E-state index in [4.69, 9.17) is 14.3 Å². The Bertz CT molecular complexity index is 977. The third-order valence-corrected chi connectivity index (χ3v) is 5.44. The van der Waals surface area contributed by atoms with Crippen molar-refractivity contribution in [3.63, 3.8) is 0 Å². The third-order valence-electron chi connectivity index (χ3n) is 3.95. The van der Waals surface area contributed by atoms with Crippen LogP contribution in [0, 0.1) is 0 Å². The molecule has 2 rings (SSSR count). The van der Waals surface area contributed by atoms with Crippen LogP contribution in [0.15, 0.2) is 72.1 Å². The average Bonchev–Trinajstić information content (AvgIpc) is 2.77. The fraction of sp³-hybridized carbons (Fsp3) is 0.238. The zero-order chi connectivity index (χ0) is 22.7. The molecule has 0 heterocycles. The number of hydrogen-bond acceptors (Lipinski definition) is 7. The number of benzene rings is 2. The molecule has 0 bridgehead atoms. The molecule has 0 radical (unpaired) electrons. The average molecular weight is 448 g/mol. The van der Waals surface area contributed by atoms with E-state index in [0.29, 0.717) is 5.75 Å². The molecule has 0 saturated carbocycles. The molecule has 0 aliphatic rings. The Morgan fingerprint density at radius 1 is 1.10 bits per heavy atom. The van der Waals surface area contributed by atoms with Crippen molar-refractivity contribution < 1.29 is 32.3 Å². The lowest BCUT2D eigenvalue weighted by molar-refractivity contribution is -0.147. The van der Waals surface area contributed by atoms with Crippen LogP contribution in [0.1, 0.15) is 12.0 Å². The van der Waals surface area contributed by atoms with Crippen LogP contribution in [0.3, 0.4) is 0 Å². The highest BCUT2D eigenvalue weighted by atomic mass is 32.2. The van der Waals surface area contributed by atoms with E-state index in [-0.39, 0.29) is 18.1 Å². The van der Waals surface area contributed by atoms with Gasteiger partial charge in [0, 0.05) is 0 Å². The second kappa shape index (κ2) is 11.8. The highest BCUT2D eigenvalue weighted by molar-refractivity contribution is 7.89. The van der Waals surface area contributed by atoms with Crippen molar-refractivity contribution >= 4 is 21.9 Å². The van der Waals surface area contributed by atoms with E-state index >= 15 is 0 Å². The van der Waals surface area contributed by atoms with Crippen LogP contribution >= 0.6 is 0 Å². The van der Waals surface area contributed by atoms with Gasteiger partial charge in [-0.3, -0.25) is 14.4 Å². The van der Waals surface area contributed by atoms with Crippen molar-refractivity contribution in [2.45, 2.75) is 24.0 Å². The van der Waals surface area contributed by atoms with Crippen LogP contribution in [0.25, 0.3) is 0 Å². The zero-order valence-corrected chi connectivity index (χ0v) is 17.8. The number of carbonyl (C=O) groups excluding carboxylic acids is 2. The summed E-state index contributed by atoms with van der Waals surface area (Å²) in [5.74, 6) is -1.15. The number of carbonyl (C=O) groups is 2. The number of ether oxygens (including phenoxy) is 2. The van der Waals surface area contributed by atoms with Gasteiger partial charge in [0.2, 0.25) is 15.9 Å². The van der Waals surface area contributed by atoms with Crippen molar-refractivity contribution in [1.82, 2.24) is 10.2 Å². The molecule has 0 saturated heterocycles. The zero-order valence-electron chi connectivity index (χ0n) is 16.9. The van der Waals surface area contributed by atoms with Crippen LogP contribution in [0.4, 0.5) is 0 Å². The van der Waals surface area contributed by atoms with Crippen LogP contribution in [-0.2, 0) is 35.8 Å². The van der Waals surface area contributed by atoms with Crippen LogP contribution in [-0.4, -0.2) is 40.1 Å². The molecule has 10 heteroatoms. The summed E-state index contributed by atoms with van der Waals surface area (Å²) in [5, 5.41) is 0. The van der Waals surface area contributed by atoms with Gasteiger partial charge in [0.25, 0.3) is 0 Å². The summed E-state index contributed by atoms with van der Waals surface area (Å²) in [7, 11) is -2.67. The molecule has 0 fully saturated rings. The molecule has 0 unspecified atom stereocenters. The normalized spacial score (nSPS) is 11.9. The molecular formula is C21H24N2O7S. The van der Waals surface area contributed by atoms with E-state index in [9.17, 15) is 18.0 Å². The minimum Gasteiger partial charge on any atom is -0.497 e. The molecule has 2 aromatic carbocycles. The predicted octanol–water partition coefficient (Wildman–Crippen LogP) is 1.71. The Morgan fingerprint density at radius 2 is 1.77 bits per heavy atom. The van der Waals surface area contributed by atoms with Crippen molar-refractivity contribution in [2.24, 2.45) is 0 Å². The summed E-state index contributed by atoms with van der Waals surface area (Å²) in [6.07, 6.45) is 0.802. The molecule has 2 aromatic rings. The topological polar surface area (TPSA) is 120 Å². The predicted molar refractivity (Wildman–Crippen MR) is 112 cm³/mol. The van der Waals surface area contributed by atoms with E-state index in [1.165, 1.54) is 37.5 Å². The van der Waals surface area contributed by atoms with Gasteiger partial charge in [-0.1, -0.05) is 43.0 Å². The quantitative estimate of drug-likeness (QED) is 0.288. The number of amides is 1. The Hall–Kier alpha value is -3.21. The number of rotatable bonds is 12. The molecule has 0 aromatic heterocycles. The maximum atomic E-state index is 12.7. The van der Waals surface area contributed by atoms with Crippen molar-refractivity contribution in [3.8, 4) is 5.75 Å². The molecule has 31 heavy (non-hydrogen) atoms. The summed E-state index contributed by atoms with van der Waals surface area (Å²) in [5.41, 5.74) is 3.02. The fourth-order valence-electron chi connectivity index (χ4n) is 2.43. The number of hydroxylamine groups is 1. The van der Waals surface area contributed by atoms with E-state index in [1.54, 1.807) is 0 Å². The maximum absolute atomic E-state index is 12.7. The maximum Gasteiger partial charge on any atom is 0.325 e. The van der Waals surface area contributed by atoms with Crippen molar-refractivity contribution in [3.05, 3.63) is 72.8 Å². The minimum atomic E-state index is -4.12. The summed E-state index contributed by atoms with van der Waals surface area (Å²) >= 11 is 0.